The number of carboxylic acid groups (broad SMARTS) is 1. The summed E-state index contributed by atoms with van der Waals surface area (Å²) in [7, 11) is 0. The molecule has 0 spiro atoms. The van der Waals surface area contributed by atoms with Crippen molar-refractivity contribution in [3.8, 4) is 0 Å². The van der Waals surface area contributed by atoms with E-state index in [2.05, 4.69) is 4.98 Å². The molecule has 0 aliphatic heterocycles. The molecule has 11 heavy (non-hydrogen) atoms. The topological polar surface area (TPSA) is 76.2 Å². The molecule has 4 heteroatoms. The van der Waals surface area contributed by atoms with E-state index in [0.29, 0.717) is 0 Å². The maximum atomic E-state index is 8.36. The number of rotatable bonds is 0. The van der Waals surface area contributed by atoms with Crippen LogP contribution in [-0.4, -0.2) is 16.6 Å². The summed E-state index contributed by atoms with van der Waals surface area (Å²) in [5, 5.41) is 6.89. The van der Waals surface area contributed by atoms with Crippen LogP contribution in [0.25, 0.3) is 0 Å². The molecule has 60 valence electrons. The van der Waals surface area contributed by atoms with Gasteiger partial charge in [0.2, 0.25) is 0 Å². The van der Waals surface area contributed by atoms with Crippen LogP contribution in [0.2, 0.25) is 0 Å². The molecule has 0 saturated heterocycles. The van der Waals surface area contributed by atoms with E-state index in [-0.39, 0.29) is 6.47 Å². The lowest BCUT2D eigenvalue weighted by molar-refractivity contribution is -0.122. The van der Waals surface area contributed by atoms with Gasteiger partial charge in [-0.3, -0.25) is 9.78 Å². The van der Waals surface area contributed by atoms with Gasteiger partial charge in [0.25, 0.3) is 6.47 Å². The molecular formula is C7H10N2O2. The van der Waals surface area contributed by atoms with E-state index in [1.54, 1.807) is 6.20 Å². The second-order valence-corrected chi connectivity index (χ2v) is 1.78. The Morgan fingerprint density at radius 2 is 2.27 bits per heavy atom. The summed E-state index contributed by atoms with van der Waals surface area (Å²) in [4.78, 5) is 12.3. The normalized spacial score (nSPS) is 7.73. The molecule has 3 N–H and O–H groups in total. The SMILES string of the molecule is Cc1ncccc1N.O=CO. The fourth-order valence-electron chi connectivity index (χ4n) is 0.497. The molecule has 1 heterocycles. The Morgan fingerprint density at radius 1 is 1.73 bits per heavy atom. The van der Waals surface area contributed by atoms with Gasteiger partial charge in [0.05, 0.1) is 11.4 Å². The largest absolute Gasteiger partial charge is 0.483 e. The van der Waals surface area contributed by atoms with E-state index < -0.39 is 0 Å². The van der Waals surface area contributed by atoms with E-state index in [9.17, 15) is 0 Å². The molecule has 4 nitrogen and oxygen atoms in total. The fourth-order valence-corrected chi connectivity index (χ4v) is 0.497. The first-order valence-electron chi connectivity index (χ1n) is 2.97. The first-order valence-corrected chi connectivity index (χ1v) is 2.97. The average Bonchev–Trinajstić information content (AvgIpc) is 1.97. The highest BCUT2D eigenvalue weighted by Gasteiger charge is 1.86. The van der Waals surface area contributed by atoms with Crippen LogP contribution in [0.4, 0.5) is 5.69 Å². The van der Waals surface area contributed by atoms with Crippen molar-refractivity contribution < 1.29 is 9.90 Å². The lowest BCUT2D eigenvalue weighted by Gasteiger charge is -1.92. The quantitative estimate of drug-likeness (QED) is 0.538. The van der Waals surface area contributed by atoms with Gasteiger partial charge in [-0.15, -0.1) is 0 Å². The summed E-state index contributed by atoms with van der Waals surface area (Å²) in [6.45, 7) is 1.63. The van der Waals surface area contributed by atoms with Crippen molar-refractivity contribution in [3.63, 3.8) is 0 Å². The Labute approximate surface area is 64.7 Å². The monoisotopic (exact) mass is 154 g/mol. The van der Waals surface area contributed by atoms with Gasteiger partial charge in [-0.1, -0.05) is 0 Å². The van der Waals surface area contributed by atoms with Gasteiger partial charge >= 0.3 is 0 Å². The smallest absolute Gasteiger partial charge is 0.290 e. The summed E-state index contributed by atoms with van der Waals surface area (Å²) >= 11 is 0. The number of nitrogen functional groups attached to an aromatic ring is 1. The van der Waals surface area contributed by atoms with E-state index in [0.717, 1.165) is 11.4 Å². The average molecular weight is 154 g/mol. The zero-order valence-electron chi connectivity index (χ0n) is 6.19. The van der Waals surface area contributed by atoms with E-state index in [1.165, 1.54) is 0 Å². The third-order valence-electron chi connectivity index (χ3n) is 1.05. The van der Waals surface area contributed by atoms with Crippen LogP contribution in [0.3, 0.4) is 0 Å². The minimum atomic E-state index is -0.250. The van der Waals surface area contributed by atoms with Crippen molar-refractivity contribution >= 4 is 12.2 Å². The van der Waals surface area contributed by atoms with E-state index in [4.69, 9.17) is 15.6 Å². The van der Waals surface area contributed by atoms with Crippen molar-refractivity contribution in [1.82, 2.24) is 4.98 Å². The van der Waals surface area contributed by atoms with Crippen LogP contribution in [0.5, 0.6) is 0 Å². The van der Waals surface area contributed by atoms with Gasteiger partial charge in [-0.25, -0.2) is 0 Å². The standard InChI is InChI=1S/C6H8N2.CH2O2/c1-5-6(7)3-2-4-8-5;2-1-3/h2-4H,7H2,1H3;1H,(H,2,3). The van der Waals surface area contributed by atoms with Crippen LogP contribution in [0.1, 0.15) is 5.69 Å². The molecule has 0 saturated carbocycles. The van der Waals surface area contributed by atoms with Gasteiger partial charge in [-0.05, 0) is 19.1 Å². The van der Waals surface area contributed by atoms with Gasteiger partial charge in [-0.2, -0.15) is 0 Å². The number of pyridine rings is 1. The van der Waals surface area contributed by atoms with Crippen molar-refractivity contribution in [2.24, 2.45) is 0 Å². The number of aryl methyl sites for hydroxylation is 1. The number of hydrogen-bond donors (Lipinski definition) is 2. The van der Waals surface area contributed by atoms with E-state index in [1.807, 2.05) is 19.1 Å². The van der Waals surface area contributed by atoms with Crippen LogP contribution < -0.4 is 5.73 Å². The third-order valence-corrected chi connectivity index (χ3v) is 1.05. The van der Waals surface area contributed by atoms with Crippen molar-refractivity contribution in [3.05, 3.63) is 24.0 Å². The van der Waals surface area contributed by atoms with Gasteiger partial charge < -0.3 is 10.8 Å². The molecule has 0 atom stereocenters. The fraction of sp³-hybridized carbons (Fsp3) is 0.143. The van der Waals surface area contributed by atoms with Crippen molar-refractivity contribution in [2.45, 2.75) is 6.92 Å². The lowest BCUT2D eigenvalue weighted by Crippen LogP contribution is -1.89. The molecule has 0 aromatic carbocycles. The van der Waals surface area contributed by atoms with Crippen LogP contribution in [-0.2, 0) is 4.79 Å². The zero-order valence-corrected chi connectivity index (χ0v) is 6.19. The molecule has 0 amide bonds. The highest BCUT2D eigenvalue weighted by Crippen LogP contribution is 2.02. The minimum absolute atomic E-state index is 0.250. The molecule has 1 aromatic rings. The number of nitrogens with zero attached hydrogens (tertiary/aromatic N) is 1. The first-order chi connectivity index (χ1) is 5.22. The molecule has 0 aliphatic carbocycles. The Morgan fingerprint density at radius 3 is 2.55 bits per heavy atom. The molecule has 0 unspecified atom stereocenters. The summed E-state index contributed by atoms with van der Waals surface area (Å²) in [5.74, 6) is 0. The maximum Gasteiger partial charge on any atom is 0.290 e. The van der Waals surface area contributed by atoms with Gasteiger partial charge in [0.15, 0.2) is 0 Å². The highest BCUT2D eigenvalue weighted by molar-refractivity contribution is 5.40. The molecule has 1 rings (SSSR count). The number of nitrogens with two attached hydrogens (primary N) is 1. The number of hydrogen-bond acceptors (Lipinski definition) is 3. The Kier molecular flexibility index (Phi) is 4.47. The second kappa shape index (κ2) is 5.22. The van der Waals surface area contributed by atoms with E-state index >= 15 is 0 Å². The Hall–Kier alpha value is -1.58. The Bertz CT molecular complexity index is 204. The molecule has 1 aromatic heterocycles. The van der Waals surface area contributed by atoms with Crippen molar-refractivity contribution in [1.29, 1.82) is 0 Å². The van der Waals surface area contributed by atoms with Crippen LogP contribution in [0.15, 0.2) is 18.3 Å². The molecular weight excluding hydrogens is 144 g/mol. The summed E-state index contributed by atoms with van der Waals surface area (Å²) in [6.07, 6.45) is 1.73. The summed E-state index contributed by atoms with van der Waals surface area (Å²) in [6, 6.07) is 3.66. The molecule has 0 radical (unpaired) electrons. The zero-order chi connectivity index (χ0) is 8.69. The lowest BCUT2D eigenvalue weighted by atomic mass is 10.3. The summed E-state index contributed by atoms with van der Waals surface area (Å²) < 4.78 is 0. The highest BCUT2D eigenvalue weighted by atomic mass is 16.3. The third kappa shape index (κ3) is 3.91. The number of aromatic nitrogens is 1. The van der Waals surface area contributed by atoms with Gasteiger partial charge in [0, 0.05) is 6.20 Å². The van der Waals surface area contributed by atoms with Crippen LogP contribution in [0, 0.1) is 6.92 Å². The molecule has 0 aliphatic rings. The maximum absolute atomic E-state index is 8.36. The second-order valence-electron chi connectivity index (χ2n) is 1.78. The minimum Gasteiger partial charge on any atom is -0.483 e. The van der Waals surface area contributed by atoms with Crippen molar-refractivity contribution in [2.75, 3.05) is 5.73 Å². The number of carbonyl (C=O) groups is 1. The molecule has 0 bridgehead atoms. The predicted molar refractivity (Wildman–Crippen MR) is 42.1 cm³/mol. The first kappa shape index (κ1) is 9.42. The summed E-state index contributed by atoms with van der Waals surface area (Å²) in [5.41, 5.74) is 7.11. The van der Waals surface area contributed by atoms with Crippen LogP contribution >= 0.6 is 0 Å². The number of anilines is 1. The Balaban J connectivity index is 0.000000292. The molecule has 0 fully saturated rings. The predicted octanol–water partition coefficient (Wildman–Crippen LogP) is 0.673. The van der Waals surface area contributed by atoms with Gasteiger partial charge in [0.1, 0.15) is 0 Å².